The molecule has 3 N–H and O–H groups in total. The topological polar surface area (TPSA) is 102 Å². The second-order valence-electron chi connectivity index (χ2n) is 11.7. The second-order valence-corrected chi connectivity index (χ2v) is 12.7. The van der Waals surface area contributed by atoms with Crippen molar-refractivity contribution in [3.63, 3.8) is 0 Å². The number of nitrogens with one attached hydrogen (secondary N) is 1. The summed E-state index contributed by atoms with van der Waals surface area (Å²) in [5.41, 5.74) is 8.29. The summed E-state index contributed by atoms with van der Waals surface area (Å²) in [5, 5.41) is 4.04. The number of alkyl halides is 3. The van der Waals surface area contributed by atoms with Gasteiger partial charge in [-0.15, -0.1) is 11.3 Å². The molecule has 1 atom stereocenters. The highest BCUT2D eigenvalue weighted by Crippen LogP contribution is 2.39. The Morgan fingerprint density at radius 1 is 1.04 bits per heavy atom. The number of halogens is 3. The fraction of sp³-hybridized carbons (Fsp3) is 0.324. The van der Waals surface area contributed by atoms with Crippen molar-refractivity contribution in [2.45, 2.75) is 25.6 Å². The van der Waals surface area contributed by atoms with Gasteiger partial charge in [0.15, 0.2) is 0 Å². The van der Waals surface area contributed by atoms with Crippen molar-refractivity contribution in [1.29, 1.82) is 0 Å². The number of fused-ring (bicyclic) bond motifs is 1. The van der Waals surface area contributed by atoms with Crippen LogP contribution in [-0.4, -0.2) is 76.6 Å². The van der Waals surface area contributed by atoms with Gasteiger partial charge in [0.25, 0.3) is 5.91 Å². The number of piperazine rings is 1. The van der Waals surface area contributed by atoms with Crippen LogP contribution in [0.15, 0.2) is 73.2 Å². The van der Waals surface area contributed by atoms with E-state index in [9.17, 15) is 18.0 Å². The first-order valence-electron chi connectivity index (χ1n) is 15.4. The van der Waals surface area contributed by atoms with Crippen LogP contribution in [0, 0.1) is 0 Å². The lowest BCUT2D eigenvalue weighted by Crippen LogP contribution is -2.44. The number of ether oxygens (including phenoxy) is 1. The predicted octanol–water partition coefficient (Wildman–Crippen LogP) is 6.46. The van der Waals surface area contributed by atoms with Crippen molar-refractivity contribution in [3.8, 4) is 21.9 Å². The third-order valence-corrected chi connectivity index (χ3v) is 9.48. The number of hydrogen-bond donors (Lipinski definition) is 2. The minimum Gasteiger partial charge on any atom is -0.484 e. The van der Waals surface area contributed by atoms with Crippen molar-refractivity contribution in [2.75, 3.05) is 51.6 Å². The molecule has 5 aromatic rings. The van der Waals surface area contributed by atoms with Crippen molar-refractivity contribution >= 4 is 34.1 Å². The number of benzene rings is 2. The molecular weight excluding hydrogens is 627 g/mol. The van der Waals surface area contributed by atoms with E-state index >= 15 is 0 Å². The van der Waals surface area contributed by atoms with Gasteiger partial charge in [-0.1, -0.05) is 24.3 Å². The van der Waals surface area contributed by atoms with E-state index in [0.717, 1.165) is 91.1 Å². The monoisotopic (exact) mass is 663 g/mol. The van der Waals surface area contributed by atoms with E-state index in [4.69, 9.17) is 10.5 Å². The van der Waals surface area contributed by atoms with Gasteiger partial charge in [0.1, 0.15) is 33.9 Å². The molecule has 1 fully saturated rings. The van der Waals surface area contributed by atoms with Crippen molar-refractivity contribution in [1.82, 2.24) is 24.3 Å². The Morgan fingerprint density at radius 2 is 1.81 bits per heavy atom. The molecule has 1 saturated heterocycles. The van der Waals surface area contributed by atoms with Crippen LogP contribution in [-0.2, 0) is 6.18 Å². The van der Waals surface area contributed by atoms with E-state index < -0.39 is 23.8 Å². The number of anilines is 1. The molecule has 3 aromatic heterocycles. The summed E-state index contributed by atoms with van der Waals surface area (Å²) in [6.45, 7) is 7.84. The molecule has 246 valence electrons. The molecule has 9 nitrogen and oxygen atoms in total. The van der Waals surface area contributed by atoms with E-state index in [1.165, 1.54) is 25.1 Å². The van der Waals surface area contributed by atoms with Crippen LogP contribution < -0.4 is 15.8 Å². The van der Waals surface area contributed by atoms with Gasteiger partial charge in [-0.2, -0.15) is 13.2 Å². The fourth-order valence-corrected chi connectivity index (χ4v) is 6.70. The minimum atomic E-state index is -4.55. The molecule has 6 rings (SSSR count). The highest BCUT2D eigenvalue weighted by atomic mass is 32.1. The molecule has 1 aliphatic rings. The molecule has 0 spiro atoms. The summed E-state index contributed by atoms with van der Waals surface area (Å²) < 4.78 is 48.6. The van der Waals surface area contributed by atoms with Crippen LogP contribution in [0.4, 0.5) is 19.0 Å². The lowest BCUT2D eigenvalue weighted by Gasteiger charge is -2.32. The summed E-state index contributed by atoms with van der Waals surface area (Å²) in [5.74, 6) is 0.185. The third-order valence-electron chi connectivity index (χ3n) is 8.35. The number of thiophene rings is 1. The van der Waals surface area contributed by atoms with Crippen LogP contribution >= 0.6 is 11.3 Å². The second kappa shape index (κ2) is 13.7. The van der Waals surface area contributed by atoms with E-state index in [1.807, 2.05) is 30.3 Å². The van der Waals surface area contributed by atoms with E-state index in [2.05, 4.69) is 32.1 Å². The average Bonchev–Trinajstić information content (AvgIpc) is 3.67. The van der Waals surface area contributed by atoms with Crippen LogP contribution in [0.5, 0.6) is 5.75 Å². The molecule has 0 unspecified atom stereocenters. The number of likely N-dealkylation sites (N-methyl/N-ethyl adjacent to an activating group) is 1. The number of aromatic nitrogens is 3. The Morgan fingerprint density at radius 3 is 2.57 bits per heavy atom. The van der Waals surface area contributed by atoms with E-state index in [1.54, 1.807) is 23.2 Å². The van der Waals surface area contributed by atoms with Gasteiger partial charge in [0.05, 0.1) is 16.6 Å². The normalized spacial score (nSPS) is 15.2. The van der Waals surface area contributed by atoms with Gasteiger partial charge in [-0.3, -0.25) is 9.36 Å². The first kappa shape index (κ1) is 32.5. The Bertz CT molecular complexity index is 1860. The molecule has 0 radical (unpaired) electrons. The van der Waals surface area contributed by atoms with Crippen molar-refractivity contribution < 1.29 is 22.7 Å². The first-order chi connectivity index (χ1) is 22.6. The van der Waals surface area contributed by atoms with Gasteiger partial charge < -0.3 is 25.6 Å². The highest BCUT2D eigenvalue weighted by molar-refractivity contribution is 7.16. The molecular formula is C34H36F3N7O2S. The van der Waals surface area contributed by atoms with Crippen molar-refractivity contribution in [3.05, 3.63) is 89.2 Å². The number of carbonyl (C=O) groups excluding carboxylic acids is 1. The summed E-state index contributed by atoms with van der Waals surface area (Å²) in [4.78, 5) is 26.4. The number of primary amides is 1. The Balaban J connectivity index is 1.17. The molecule has 47 heavy (non-hydrogen) atoms. The summed E-state index contributed by atoms with van der Waals surface area (Å²) in [6.07, 6.45) is -1.09. The van der Waals surface area contributed by atoms with E-state index in [0.29, 0.717) is 5.00 Å². The van der Waals surface area contributed by atoms with Gasteiger partial charge in [0.2, 0.25) is 0 Å². The molecule has 1 amide bonds. The Labute approximate surface area is 274 Å². The number of nitrogens with two attached hydrogens (primary N) is 1. The lowest BCUT2D eigenvalue weighted by molar-refractivity contribution is -0.139. The smallest absolute Gasteiger partial charge is 0.416 e. The molecule has 0 aliphatic carbocycles. The molecule has 2 aromatic carbocycles. The number of amides is 1. The maximum atomic E-state index is 13.6. The van der Waals surface area contributed by atoms with E-state index in [-0.39, 0.29) is 16.2 Å². The third kappa shape index (κ3) is 7.42. The number of imidazole rings is 1. The van der Waals surface area contributed by atoms with Crippen LogP contribution in [0.1, 0.15) is 40.2 Å². The van der Waals surface area contributed by atoms with Gasteiger partial charge in [-0.05, 0) is 68.4 Å². The van der Waals surface area contributed by atoms with Gasteiger partial charge in [-0.25, -0.2) is 9.97 Å². The molecule has 0 bridgehead atoms. The zero-order valence-electron chi connectivity index (χ0n) is 26.1. The van der Waals surface area contributed by atoms with Crippen molar-refractivity contribution in [2.24, 2.45) is 5.73 Å². The minimum absolute atomic E-state index is 0.0381. The summed E-state index contributed by atoms with van der Waals surface area (Å²) in [7, 11) is 2.16. The maximum absolute atomic E-state index is 13.6. The van der Waals surface area contributed by atoms with Gasteiger partial charge >= 0.3 is 6.18 Å². The highest BCUT2D eigenvalue weighted by Gasteiger charge is 2.35. The summed E-state index contributed by atoms with van der Waals surface area (Å²) >= 11 is 1.09. The average molecular weight is 664 g/mol. The van der Waals surface area contributed by atoms with Crippen LogP contribution in [0.2, 0.25) is 0 Å². The molecule has 13 heteroatoms. The quantitative estimate of drug-likeness (QED) is 0.157. The number of rotatable bonds is 11. The Hall–Kier alpha value is -4.46. The maximum Gasteiger partial charge on any atom is 0.416 e. The zero-order chi connectivity index (χ0) is 33.1. The fourth-order valence-electron chi connectivity index (χ4n) is 5.77. The largest absolute Gasteiger partial charge is 0.484 e. The standard InChI is InChI=1S/C34H36F3N7O2S/c1-22(25-6-3-4-7-26(25)34(35,36)37)46-29-20-31(47-32(29)33(38)45)44-21-41-27-18-23(8-9-28(27)44)24-10-12-40-30(19-24)39-11-5-13-43-16-14-42(2)15-17-43/h3-4,6-10,12,18-22H,5,11,13-17H2,1-2H3,(H2,38,45)(H,39,40)/t22-/m1/s1. The Kier molecular flexibility index (Phi) is 9.48. The SMILES string of the molecule is C[C@@H](Oc1cc(-n2cnc3cc(-c4ccnc(NCCCN5CCN(C)CC5)c4)ccc32)sc1C(N)=O)c1ccccc1C(F)(F)F. The van der Waals surface area contributed by atoms with Gasteiger partial charge in [0, 0.05) is 50.6 Å². The molecule has 4 heterocycles. The number of nitrogens with zero attached hydrogens (tertiary/aromatic N) is 5. The molecule has 1 aliphatic heterocycles. The first-order valence-corrected chi connectivity index (χ1v) is 16.2. The predicted molar refractivity (Wildman–Crippen MR) is 178 cm³/mol. The summed E-state index contributed by atoms with van der Waals surface area (Å²) in [6, 6.07) is 16.7. The van der Waals surface area contributed by atoms with Crippen LogP contribution in [0.3, 0.4) is 0 Å². The number of carbonyl (C=O) groups is 1. The van der Waals surface area contributed by atoms with Crippen LogP contribution in [0.25, 0.3) is 27.2 Å². The number of pyridine rings is 1. The zero-order valence-corrected chi connectivity index (χ0v) is 26.9. The number of hydrogen-bond acceptors (Lipinski definition) is 8. The molecule has 0 saturated carbocycles. The lowest BCUT2D eigenvalue weighted by atomic mass is 10.0.